The Balaban J connectivity index is 2.36. The molecule has 1 aliphatic heterocycles. The molecular formula is C11H12O2. The Labute approximate surface area is 77.5 Å². The molecular weight excluding hydrogens is 164 g/mol. The zero-order valence-electron chi connectivity index (χ0n) is 7.67. The lowest BCUT2D eigenvalue weighted by molar-refractivity contribution is -0.135. The lowest BCUT2D eigenvalue weighted by Crippen LogP contribution is -2.15. The highest BCUT2D eigenvalue weighted by Gasteiger charge is 2.16. The quantitative estimate of drug-likeness (QED) is 0.484. The molecule has 0 N–H and O–H groups in total. The molecule has 0 bridgehead atoms. The molecule has 2 rings (SSSR count). The molecule has 0 saturated carbocycles. The van der Waals surface area contributed by atoms with Crippen molar-refractivity contribution in [3.63, 3.8) is 0 Å². The van der Waals surface area contributed by atoms with Crippen molar-refractivity contribution in [1.82, 2.24) is 0 Å². The van der Waals surface area contributed by atoms with E-state index in [0.717, 1.165) is 18.6 Å². The van der Waals surface area contributed by atoms with Gasteiger partial charge in [-0.25, -0.2) is 0 Å². The molecule has 13 heavy (non-hydrogen) atoms. The number of carbonyl (C=O) groups is 1. The highest BCUT2D eigenvalue weighted by Crippen LogP contribution is 2.26. The van der Waals surface area contributed by atoms with E-state index in [2.05, 4.69) is 13.0 Å². The first-order valence-electron chi connectivity index (χ1n) is 4.62. The van der Waals surface area contributed by atoms with Gasteiger partial charge in [0.2, 0.25) is 0 Å². The molecule has 1 aromatic rings. The third kappa shape index (κ3) is 1.57. The second-order valence-electron chi connectivity index (χ2n) is 3.27. The number of rotatable bonds is 1. The van der Waals surface area contributed by atoms with E-state index < -0.39 is 0 Å². The summed E-state index contributed by atoms with van der Waals surface area (Å²) in [4.78, 5) is 11.0. The number of benzene rings is 1. The van der Waals surface area contributed by atoms with Gasteiger partial charge in [-0.15, -0.1) is 0 Å². The Hall–Kier alpha value is -1.31. The van der Waals surface area contributed by atoms with Crippen LogP contribution in [0.1, 0.15) is 24.5 Å². The fraction of sp³-hybridized carbons (Fsp3) is 0.364. The Kier molecular flexibility index (Phi) is 2.05. The first kappa shape index (κ1) is 8.30. The maximum Gasteiger partial charge on any atom is 0.311 e. The van der Waals surface area contributed by atoms with E-state index in [-0.39, 0.29) is 5.97 Å². The van der Waals surface area contributed by atoms with Crippen LogP contribution in [0, 0.1) is 0 Å². The van der Waals surface area contributed by atoms with E-state index in [9.17, 15) is 4.79 Å². The first-order chi connectivity index (χ1) is 6.29. The molecule has 0 saturated heterocycles. The molecule has 68 valence electrons. The number of carbonyl (C=O) groups excluding carboxylic acids is 1. The van der Waals surface area contributed by atoms with Crippen molar-refractivity contribution >= 4 is 5.97 Å². The lowest BCUT2D eigenvalue weighted by Gasteiger charge is -2.15. The van der Waals surface area contributed by atoms with Crippen LogP contribution in [-0.2, 0) is 17.6 Å². The van der Waals surface area contributed by atoms with Gasteiger partial charge in [0.25, 0.3) is 0 Å². The molecule has 0 aromatic heterocycles. The molecule has 0 atom stereocenters. The van der Waals surface area contributed by atoms with Gasteiger partial charge in [-0.1, -0.05) is 19.1 Å². The summed E-state index contributed by atoms with van der Waals surface area (Å²) in [5.41, 5.74) is 2.47. The SMILES string of the molecule is CCc1ccc2c(c1)CCC(=O)O2. The van der Waals surface area contributed by atoms with Crippen molar-refractivity contribution in [1.29, 1.82) is 0 Å². The molecule has 0 amide bonds. The van der Waals surface area contributed by atoms with Crippen LogP contribution in [0.3, 0.4) is 0 Å². The van der Waals surface area contributed by atoms with Gasteiger partial charge in [-0.3, -0.25) is 4.79 Å². The van der Waals surface area contributed by atoms with Gasteiger partial charge in [0.15, 0.2) is 0 Å². The Morgan fingerprint density at radius 3 is 3.00 bits per heavy atom. The van der Waals surface area contributed by atoms with Crippen LogP contribution >= 0.6 is 0 Å². The summed E-state index contributed by atoms with van der Waals surface area (Å²) in [6.45, 7) is 2.12. The minimum absolute atomic E-state index is 0.114. The van der Waals surface area contributed by atoms with Crippen LogP contribution in [0.15, 0.2) is 18.2 Å². The van der Waals surface area contributed by atoms with E-state index in [1.165, 1.54) is 11.1 Å². The smallest absolute Gasteiger partial charge is 0.311 e. The van der Waals surface area contributed by atoms with Crippen molar-refractivity contribution in [3.8, 4) is 5.75 Å². The number of hydrogen-bond acceptors (Lipinski definition) is 2. The number of hydrogen-bond donors (Lipinski definition) is 0. The molecule has 0 aliphatic carbocycles. The van der Waals surface area contributed by atoms with E-state index in [1.807, 2.05) is 12.1 Å². The molecule has 2 heteroatoms. The summed E-state index contributed by atoms with van der Waals surface area (Å²) in [6.07, 6.45) is 2.36. The van der Waals surface area contributed by atoms with Crippen molar-refractivity contribution in [2.75, 3.05) is 0 Å². The minimum atomic E-state index is -0.114. The van der Waals surface area contributed by atoms with Crippen LogP contribution in [-0.4, -0.2) is 5.97 Å². The van der Waals surface area contributed by atoms with Crippen LogP contribution in [0.5, 0.6) is 5.75 Å². The van der Waals surface area contributed by atoms with Gasteiger partial charge in [-0.2, -0.15) is 0 Å². The standard InChI is InChI=1S/C11H12O2/c1-2-8-3-5-10-9(7-8)4-6-11(12)13-10/h3,5,7H,2,4,6H2,1H3. The summed E-state index contributed by atoms with van der Waals surface area (Å²) < 4.78 is 5.09. The Morgan fingerprint density at radius 1 is 1.38 bits per heavy atom. The van der Waals surface area contributed by atoms with Crippen molar-refractivity contribution in [2.24, 2.45) is 0 Å². The van der Waals surface area contributed by atoms with E-state index in [4.69, 9.17) is 4.74 Å². The van der Waals surface area contributed by atoms with E-state index in [0.29, 0.717) is 6.42 Å². The van der Waals surface area contributed by atoms with Crippen LogP contribution in [0.25, 0.3) is 0 Å². The summed E-state index contributed by atoms with van der Waals surface area (Å²) in [5.74, 6) is 0.630. The fourth-order valence-corrected chi connectivity index (χ4v) is 1.56. The zero-order chi connectivity index (χ0) is 9.26. The third-order valence-corrected chi connectivity index (χ3v) is 2.36. The summed E-state index contributed by atoms with van der Waals surface area (Å²) in [5, 5.41) is 0. The fourth-order valence-electron chi connectivity index (χ4n) is 1.56. The summed E-state index contributed by atoms with van der Waals surface area (Å²) in [6, 6.07) is 6.03. The number of esters is 1. The first-order valence-corrected chi connectivity index (χ1v) is 4.62. The number of aryl methyl sites for hydroxylation is 2. The third-order valence-electron chi connectivity index (χ3n) is 2.36. The molecule has 0 unspecified atom stereocenters. The lowest BCUT2D eigenvalue weighted by atomic mass is 10.0. The molecule has 1 aliphatic rings. The maximum absolute atomic E-state index is 11.0. The predicted octanol–water partition coefficient (Wildman–Crippen LogP) is 2.10. The van der Waals surface area contributed by atoms with Crippen LogP contribution in [0.2, 0.25) is 0 Å². The topological polar surface area (TPSA) is 26.3 Å². The van der Waals surface area contributed by atoms with Gasteiger partial charge in [0.1, 0.15) is 5.75 Å². The number of ether oxygens (including phenoxy) is 1. The molecule has 0 fully saturated rings. The van der Waals surface area contributed by atoms with Crippen LogP contribution in [0.4, 0.5) is 0 Å². The largest absolute Gasteiger partial charge is 0.426 e. The Bertz CT molecular complexity index is 342. The van der Waals surface area contributed by atoms with Gasteiger partial charge in [0.05, 0.1) is 6.42 Å². The number of fused-ring (bicyclic) bond motifs is 1. The molecule has 2 nitrogen and oxygen atoms in total. The van der Waals surface area contributed by atoms with E-state index >= 15 is 0 Å². The van der Waals surface area contributed by atoms with E-state index in [1.54, 1.807) is 0 Å². The summed E-state index contributed by atoms with van der Waals surface area (Å²) in [7, 11) is 0. The normalized spacial score (nSPS) is 15.0. The van der Waals surface area contributed by atoms with Gasteiger partial charge in [-0.05, 0) is 30.0 Å². The second-order valence-corrected chi connectivity index (χ2v) is 3.27. The average molecular weight is 176 g/mol. The average Bonchev–Trinajstić information content (AvgIpc) is 2.17. The van der Waals surface area contributed by atoms with Gasteiger partial charge in [0, 0.05) is 0 Å². The highest BCUT2D eigenvalue weighted by molar-refractivity contribution is 5.75. The predicted molar refractivity (Wildman–Crippen MR) is 49.8 cm³/mol. The maximum atomic E-state index is 11.0. The van der Waals surface area contributed by atoms with Crippen molar-refractivity contribution in [2.45, 2.75) is 26.2 Å². The summed E-state index contributed by atoms with van der Waals surface area (Å²) >= 11 is 0. The molecule has 1 heterocycles. The van der Waals surface area contributed by atoms with Gasteiger partial charge >= 0.3 is 5.97 Å². The van der Waals surface area contributed by atoms with Gasteiger partial charge < -0.3 is 4.74 Å². The molecule has 0 spiro atoms. The second kappa shape index (κ2) is 3.21. The minimum Gasteiger partial charge on any atom is -0.426 e. The van der Waals surface area contributed by atoms with Crippen molar-refractivity contribution in [3.05, 3.63) is 29.3 Å². The highest BCUT2D eigenvalue weighted by atomic mass is 16.5. The van der Waals surface area contributed by atoms with Crippen LogP contribution < -0.4 is 4.74 Å². The Morgan fingerprint density at radius 2 is 2.23 bits per heavy atom. The van der Waals surface area contributed by atoms with Crippen molar-refractivity contribution < 1.29 is 9.53 Å². The monoisotopic (exact) mass is 176 g/mol. The zero-order valence-corrected chi connectivity index (χ0v) is 7.67. The molecule has 0 radical (unpaired) electrons. The molecule has 1 aromatic carbocycles.